The van der Waals surface area contributed by atoms with Gasteiger partial charge in [-0.05, 0) is 86.7 Å². The number of β-amino-alcohol motifs (C(OH)–C–C–N with tert-alkyl or cyclic N) is 1. The molecule has 2 aromatic heterocycles. The van der Waals surface area contributed by atoms with Crippen molar-refractivity contribution >= 4 is 27.5 Å². The Morgan fingerprint density at radius 3 is 2.60 bits per heavy atom. The molecule has 1 saturated carbocycles. The number of benzene rings is 2. The Bertz CT molecular complexity index is 1910. The van der Waals surface area contributed by atoms with Gasteiger partial charge in [0, 0.05) is 56.6 Å². The van der Waals surface area contributed by atoms with E-state index in [2.05, 4.69) is 9.88 Å². The number of hydrogen-bond acceptors (Lipinski definition) is 10. The molecule has 4 aromatic rings. The highest BCUT2D eigenvalue weighted by Crippen LogP contribution is 2.48. The average Bonchev–Trinajstić information content (AvgIpc) is 3.53. The first-order valence-electron chi connectivity index (χ1n) is 19.3. The fraction of sp³-hybridized carbons (Fsp3) is 0.585. The number of anilines is 1. The van der Waals surface area contributed by atoms with E-state index in [1.807, 2.05) is 24.0 Å². The highest BCUT2D eigenvalue weighted by Gasteiger charge is 2.49. The van der Waals surface area contributed by atoms with Crippen LogP contribution in [0.2, 0.25) is 0 Å². The van der Waals surface area contributed by atoms with Crippen LogP contribution in [0, 0.1) is 23.0 Å². The van der Waals surface area contributed by atoms with E-state index >= 15 is 8.78 Å². The molecule has 0 radical (unpaired) electrons. The molecule has 3 saturated heterocycles. The zero-order valence-electron chi connectivity index (χ0n) is 31.3. The van der Waals surface area contributed by atoms with Crippen LogP contribution in [0.3, 0.4) is 0 Å². The molecule has 8 rings (SSSR count). The molecule has 0 spiro atoms. The summed E-state index contributed by atoms with van der Waals surface area (Å²) in [5.41, 5.74) is 0.0511. The van der Waals surface area contributed by atoms with Crippen molar-refractivity contribution < 1.29 is 33.2 Å². The van der Waals surface area contributed by atoms with E-state index in [-0.39, 0.29) is 41.6 Å². The Kier molecular flexibility index (Phi) is 11.4. The van der Waals surface area contributed by atoms with E-state index in [0.29, 0.717) is 65.9 Å². The third-order valence-electron chi connectivity index (χ3n) is 11.8. The zero-order valence-corrected chi connectivity index (χ0v) is 31.3. The van der Waals surface area contributed by atoms with Crippen LogP contribution in [0.15, 0.2) is 36.5 Å². The lowest BCUT2D eigenvalue weighted by molar-refractivity contribution is -0.0203. The van der Waals surface area contributed by atoms with Crippen molar-refractivity contribution in [2.24, 2.45) is 11.3 Å². The second kappa shape index (κ2) is 16.0. The predicted octanol–water partition coefficient (Wildman–Crippen LogP) is 6.32. The van der Waals surface area contributed by atoms with Crippen molar-refractivity contribution in [3.63, 3.8) is 0 Å². The van der Waals surface area contributed by atoms with Gasteiger partial charge in [0.05, 0.1) is 31.8 Å². The number of pyridine rings is 1. The number of likely N-dealkylation sites (tertiary alicyclic amines) is 1. The van der Waals surface area contributed by atoms with Gasteiger partial charge in [0.25, 0.3) is 0 Å². The molecule has 2 N–H and O–H groups in total. The van der Waals surface area contributed by atoms with Gasteiger partial charge in [-0.1, -0.05) is 37.6 Å². The number of nitrogens with zero attached hydrogens (tertiary/aromatic N) is 5. The topological polar surface area (TPSA) is 113 Å². The second-order valence-corrected chi connectivity index (χ2v) is 15.5. The molecular weight excluding hydrogens is 680 g/mol. The molecule has 286 valence electrons. The van der Waals surface area contributed by atoms with Gasteiger partial charge >= 0.3 is 6.01 Å². The Balaban J connectivity index is 0.00000214. The lowest BCUT2D eigenvalue weighted by Crippen LogP contribution is -2.53. The van der Waals surface area contributed by atoms with Crippen molar-refractivity contribution in [1.29, 1.82) is 0 Å². The summed E-state index contributed by atoms with van der Waals surface area (Å²) >= 11 is 0. The molecule has 4 aliphatic rings. The summed E-state index contributed by atoms with van der Waals surface area (Å²) in [6.07, 6.45) is 9.85. The molecule has 12 heteroatoms. The standard InChI is InChI=1S/C40H49F2N5O4.CH4O/c1-3-28-31(41)11-10-27-7-4-8-29(33(27)28)35-34(42)36-30(21-43-35)37(47-17-20-50-24-39(2,48)23-47)45-38(44-36)51-25-40-14-5-9-32(40)46(16-6-15-40)22-26-12-18-49-19-13-26;1-2/h4,7-8,10-11,21,26,32,48H,3,5-6,9,12-20,22-25H2,1-2H3;2H,1H3/t32?,39-,40?;/m0./s1. The summed E-state index contributed by atoms with van der Waals surface area (Å²) < 4.78 is 50.1. The zero-order chi connectivity index (χ0) is 37.2. The summed E-state index contributed by atoms with van der Waals surface area (Å²) in [5, 5.41) is 20.0. The maximum Gasteiger partial charge on any atom is 0.319 e. The molecule has 1 aliphatic carbocycles. The van der Waals surface area contributed by atoms with E-state index in [0.717, 1.165) is 83.7 Å². The number of ether oxygens (including phenoxy) is 3. The van der Waals surface area contributed by atoms with Crippen molar-refractivity contribution in [3.05, 3.63) is 53.7 Å². The van der Waals surface area contributed by atoms with Gasteiger partial charge in [-0.2, -0.15) is 9.97 Å². The van der Waals surface area contributed by atoms with Crippen molar-refractivity contribution in [1.82, 2.24) is 19.9 Å². The van der Waals surface area contributed by atoms with Gasteiger partial charge < -0.3 is 29.3 Å². The van der Waals surface area contributed by atoms with Crippen LogP contribution in [0.25, 0.3) is 32.9 Å². The molecule has 0 amide bonds. The van der Waals surface area contributed by atoms with E-state index < -0.39 is 11.4 Å². The predicted molar refractivity (Wildman–Crippen MR) is 201 cm³/mol. The monoisotopic (exact) mass is 733 g/mol. The first-order valence-corrected chi connectivity index (χ1v) is 19.3. The molecule has 2 unspecified atom stereocenters. The number of aromatic nitrogens is 3. The number of halogens is 2. The minimum absolute atomic E-state index is 0.0203. The second-order valence-electron chi connectivity index (χ2n) is 15.5. The summed E-state index contributed by atoms with van der Waals surface area (Å²) in [7, 11) is 1.00. The normalized spacial score (nSPS) is 25.6. The van der Waals surface area contributed by atoms with Gasteiger partial charge in [-0.25, -0.2) is 8.78 Å². The van der Waals surface area contributed by atoms with Crippen LogP contribution in [-0.4, -0.2) is 108 Å². The number of hydrogen-bond donors (Lipinski definition) is 2. The summed E-state index contributed by atoms with van der Waals surface area (Å²) in [6, 6.07) is 9.25. The lowest BCUT2D eigenvalue weighted by atomic mass is 9.75. The quantitative estimate of drug-likeness (QED) is 0.213. The minimum Gasteiger partial charge on any atom is -0.463 e. The molecule has 3 atom stereocenters. The van der Waals surface area contributed by atoms with E-state index in [4.69, 9.17) is 29.3 Å². The van der Waals surface area contributed by atoms with Crippen LogP contribution in [-0.2, 0) is 15.9 Å². The fourth-order valence-corrected chi connectivity index (χ4v) is 9.37. The molecular formula is C41H53F2N5O5. The van der Waals surface area contributed by atoms with Crippen molar-refractivity contribution in [3.8, 4) is 17.3 Å². The summed E-state index contributed by atoms with van der Waals surface area (Å²) in [6.45, 7) is 9.21. The van der Waals surface area contributed by atoms with Crippen LogP contribution >= 0.6 is 0 Å². The van der Waals surface area contributed by atoms with Crippen molar-refractivity contribution in [2.75, 3.05) is 71.2 Å². The maximum atomic E-state index is 17.1. The third-order valence-corrected chi connectivity index (χ3v) is 11.8. The molecule has 2 aromatic carbocycles. The number of fused-ring (bicyclic) bond motifs is 3. The van der Waals surface area contributed by atoms with Crippen LogP contribution < -0.4 is 9.64 Å². The van der Waals surface area contributed by atoms with E-state index in [1.54, 1.807) is 25.3 Å². The van der Waals surface area contributed by atoms with E-state index in [1.165, 1.54) is 6.07 Å². The molecule has 10 nitrogen and oxygen atoms in total. The number of piperidine rings is 1. The largest absolute Gasteiger partial charge is 0.463 e. The smallest absolute Gasteiger partial charge is 0.319 e. The molecule has 5 heterocycles. The van der Waals surface area contributed by atoms with Gasteiger partial charge in [0.2, 0.25) is 0 Å². The van der Waals surface area contributed by atoms with E-state index in [9.17, 15) is 5.11 Å². The third kappa shape index (κ3) is 7.58. The lowest BCUT2D eigenvalue weighted by Gasteiger charge is -2.47. The maximum absolute atomic E-state index is 17.1. The van der Waals surface area contributed by atoms with Gasteiger partial charge in [-0.3, -0.25) is 9.88 Å². The van der Waals surface area contributed by atoms with Crippen LogP contribution in [0.5, 0.6) is 6.01 Å². The summed E-state index contributed by atoms with van der Waals surface area (Å²) in [5.74, 6) is 0.166. The Hall–Kier alpha value is -3.55. The molecule has 53 heavy (non-hydrogen) atoms. The summed E-state index contributed by atoms with van der Waals surface area (Å²) in [4.78, 5) is 18.9. The first-order chi connectivity index (χ1) is 25.7. The van der Waals surface area contributed by atoms with Crippen molar-refractivity contribution in [2.45, 2.75) is 76.9 Å². The number of aliphatic hydroxyl groups excluding tert-OH is 1. The Labute approximate surface area is 310 Å². The Morgan fingerprint density at radius 1 is 0.981 bits per heavy atom. The molecule has 0 bridgehead atoms. The highest BCUT2D eigenvalue weighted by molar-refractivity contribution is 6.00. The molecule has 4 fully saturated rings. The molecule has 3 aliphatic heterocycles. The Morgan fingerprint density at radius 2 is 1.79 bits per heavy atom. The number of rotatable bonds is 8. The number of aliphatic hydroxyl groups is 2. The highest BCUT2D eigenvalue weighted by atomic mass is 19.1. The van der Waals surface area contributed by atoms with Crippen LogP contribution in [0.4, 0.5) is 14.6 Å². The first kappa shape index (κ1) is 37.8. The SMILES string of the molecule is CCc1c(F)ccc2cccc(-c3ncc4c(N5CCOC[C@@](C)(O)C5)nc(OCC56CCCC5N(CC5CCOCC5)CCC6)nc4c3F)c12.CO. The fourth-order valence-electron chi connectivity index (χ4n) is 9.37. The van der Waals surface area contributed by atoms with Gasteiger partial charge in [0.1, 0.15) is 28.4 Å². The van der Waals surface area contributed by atoms with Gasteiger partial charge in [0.15, 0.2) is 5.82 Å². The van der Waals surface area contributed by atoms with Crippen LogP contribution in [0.1, 0.15) is 64.4 Å². The van der Waals surface area contributed by atoms with Gasteiger partial charge in [-0.15, -0.1) is 0 Å². The number of aryl methyl sites for hydroxylation is 1. The minimum atomic E-state index is -1.14. The average molecular weight is 734 g/mol.